The standard InChI is InChI=1S/C22H30N4O3/c1-12(2)17-9-18(25-24-17)22(28)26-10-15-7-19(27)21(8-16(15)11-26)29-20-6-5-13(3)23-14(20)4/h5-6,9,12,15-16,19,21,27H,7-8,10-11H2,1-4H3,(H,24,25)/t15-,16+,19+,21+/m0/s1. The number of hydrogen-bond donors (Lipinski definition) is 2. The first-order chi connectivity index (χ1) is 13.8. The summed E-state index contributed by atoms with van der Waals surface area (Å²) in [5, 5.41) is 17.8. The topological polar surface area (TPSA) is 91.3 Å². The van der Waals surface area contributed by atoms with E-state index in [0.29, 0.717) is 43.0 Å². The molecule has 2 fully saturated rings. The first-order valence-electron chi connectivity index (χ1n) is 10.5. The maximum atomic E-state index is 12.9. The summed E-state index contributed by atoms with van der Waals surface area (Å²) in [7, 11) is 0. The Balaban J connectivity index is 1.42. The van der Waals surface area contributed by atoms with Crippen molar-refractivity contribution in [1.29, 1.82) is 0 Å². The van der Waals surface area contributed by atoms with E-state index in [9.17, 15) is 9.90 Å². The van der Waals surface area contributed by atoms with Crippen molar-refractivity contribution in [2.24, 2.45) is 11.8 Å². The minimum Gasteiger partial charge on any atom is -0.486 e. The molecule has 1 aliphatic heterocycles. The molecule has 7 heteroatoms. The number of aromatic amines is 1. The van der Waals surface area contributed by atoms with Gasteiger partial charge in [-0.1, -0.05) is 13.8 Å². The van der Waals surface area contributed by atoms with Gasteiger partial charge >= 0.3 is 0 Å². The van der Waals surface area contributed by atoms with Crippen molar-refractivity contribution in [3.63, 3.8) is 0 Å². The van der Waals surface area contributed by atoms with E-state index in [1.165, 1.54) is 0 Å². The van der Waals surface area contributed by atoms with E-state index in [-0.39, 0.29) is 12.0 Å². The third-order valence-electron chi connectivity index (χ3n) is 6.27. The van der Waals surface area contributed by atoms with Gasteiger partial charge in [0, 0.05) is 24.5 Å². The molecule has 0 radical (unpaired) electrons. The van der Waals surface area contributed by atoms with Crippen molar-refractivity contribution in [3.05, 3.63) is 41.0 Å². The summed E-state index contributed by atoms with van der Waals surface area (Å²) in [6, 6.07) is 5.69. The van der Waals surface area contributed by atoms with Gasteiger partial charge in [-0.25, -0.2) is 0 Å². The normalized spacial score (nSPS) is 26.6. The molecule has 0 aromatic carbocycles. The lowest BCUT2D eigenvalue weighted by Crippen LogP contribution is -2.42. The molecule has 4 rings (SSSR count). The summed E-state index contributed by atoms with van der Waals surface area (Å²) in [5.41, 5.74) is 3.23. The number of carbonyl (C=O) groups excluding carboxylic acids is 1. The van der Waals surface area contributed by atoms with Crippen LogP contribution in [0.5, 0.6) is 5.75 Å². The highest BCUT2D eigenvalue weighted by atomic mass is 16.5. The van der Waals surface area contributed by atoms with Gasteiger partial charge in [0.05, 0.1) is 11.8 Å². The van der Waals surface area contributed by atoms with Crippen LogP contribution in [0.4, 0.5) is 0 Å². The Morgan fingerprint density at radius 2 is 1.97 bits per heavy atom. The van der Waals surface area contributed by atoms with E-state index in [0.717, 1.165) is 29.3 Å². The summed E-state index contributed by atoms with van der Waals surface area (Å²) in [6.45, 7) is 9.36. The van der Waals surface area contributed by atoms with Gasteiger partial charge in [-0.2, -0.15) is 5.10 Å². The van der Waals surface area contributed by atoms with Crippen LogP contribution in [0.1, 0.15) is 60.2 Å². The van der Waals surface area contributed by atoms with Crippen LogP contribution in [0.15, 0.2) is 18.2 Å². The second kappa shape index (κ2) is 7.78. The van der Waals surface area contributed by atoms with Gasteiger partial charge in [0.2, 0.25) is 0 Å². The zero-order valence-electron chi connectivity index (χ0n) is 17.6. The number of aliphatic hydroxyl groups excluding tert-OH is 1. The predicted molar refractivity (Wildman–Crippen MR) is 109 cm³/mol. The van der Waals surface area contributed by atoms with Crippen LogP contribution in [0.25, 0.3) is 0 Å². The number of rotatable bonds is 4. The summed E-state index contributed by atoms with van der Waals surface area (Å²) in [5.74, 6) is 1.62. The summed E-state index contributed by atoms with van der Waals surface area (Å²) in [4.78, 5) is 19.2. The average molecular weight is 399 g/mol. The smallest absolute Gasteiger partial charge is 0.274 e. The van der Waals surface area contributed by atoms with Crippen LogP contribution in [0, 0.1) is 25.7 Å². The van der Waals surface area contributed by atoms with Crippen molar-refractivity contribution in [3.8, 4) is 5.75 Å². The van der Waals surface area contributed by atoms with E-state index in [4.69, 9.17) is 4.74 Å². The van der Waals surface area contributed by atoms with Gasteiger partial charge in [-0.05, 0) is 62.6 Å². The number of likely N-dealkylation sites (tertiary alicyclic amines) is 1. The number of H-pyrrole nitrogens is 1. The van der Waals surface area contributed by atoms with Gasteiger partial charge in [0.15, 0.2) is 0 Å². The molecule has 2 N–H and O–H groups in total. The number of carbonyl (C=O) groups is 1. The lowest BCUT2D eigenvalue weighted by atomic mass is 9.78. The molecule has 2 aromatic heterocycles. The average Bonchev–Trinajstić information content (AvgIpc) is 3.30. The molecule has 29 heavy (non-hydrogen) atoms. The number of aliphatic hydroxyl groups is 1. The highest BCUT2D eigenvalue weighted by molar-refractivity contribution is 5.92. The van der Waals surface area contributed by atoms with Gasteiger partial charge < -0.3 is 14.7 Å². The molecule has 4 atom stereocenters. The minimum absolute atomic E-state index is 0.0342. The van der Waals surface area contributed by atoms with Crippen molar-refractivity contribution in [1.82, 2.24) is 20.1 Å². The lowest BCUT2D eigenvalue weighted by Gasteiger charge is -2.35. The molecule has 1 saturated carbocycles. The molecular weight excluding hydrogens is 368 g/mol. The summed E-state index contributed by atoms with van der Waals surface area (Å²) in [6.07, 6.45) is 0.577. The number of nitrogens with one attached hydrogen (secondary N) is 1. The maximum absolute atomic E-state index is 12.9. The number of ether oxygens (including phenoxy) is 1. The zero-order valence-corrected chi connectivity index (χ0v) is 17.6. The Labute approximate surface area is 171 Å². The molecule has 0 bridgehead atoms. The van der Waals surface area contributed by atoms with Crippen LogP contribution in [-0.4, -0.2) is 56.4 Å². The van der Waals surface area contributed by atoms with Crippen LogP contribution in [0.2, 0.25) is 0 Å². The molecule has 0 spiro atoms. The van der Waals surface area contributed by atoms with E-state index in [1.807, 2.05) is 36.9 Å². The molecule has 7 nitrogen and oxygen atoms in total. The maximum Gasteiger partial charge on any atom is 0.274 e. The first kappa shape index (κ1) is 19.9. The Kier molecular flexibility index (Phi) is 5.34. The third-order valence-corrected chi connectivity index (χ3v) is 6.27. The van der Waals surface area contributed by atoms with E-state index >= 15 is 0 Å². The lowest BCUT2D eigenvalue weighted by molar-refractivity contribution is -0.0236. The quantitative estimate of drug-likeness (QED) is 0.826. The fourth-order valence-corrected chi connectivity index (χ4v) is 4.55. The summed E-state index contributed by atoms with van der Waals surface area (Å²) >= 11 is 0. The Bertz CT molecular complexity index is 894. The van der Waals surface area contributed by atoms with Crippen LogP contribution in [0.3, 0.4) is 0 Å². The number of nitrogens with zero attached hydrogens (tertiary/aromatic N) is 3. The number of aromatic nitrogens is 3. The van der Waals surface area contributed by atoms with Crippen molar-refractivity contribution < 1.29 is 14.6 Å². The van der Waals surface area contributed by atoms with Crippen molar-refractivity contribution in [2.45, 2.75) is 58.7 Å². The SMILES string of the molecule is Cc1ccc(O[C@@H]2C[C@@H]3CN(C(=O)c4cc(C(C)C)[nH]n4)C[C@@H]3C[C@H]2O)c(C)n1. The molecule has 3 heterocycles. The fourth-order valence-electron chi connectivity index (χ4n) is 4.55. The fraction of sp³-hybridized carbons (Fsp3) is 0.591. The summed E-state index contributed by atoms with van der Waals surface area (Å²) < 4.78 is 6.14. The molecular formula is C22H30N4O3. The molecule has 0 unspecified atom stereocenters. The molecule has 2 aromatic rings. The van der Waals surface area contributed by atoms with Gasteiger partial charge in [0.1, 0.15) is 17.5 Å². The number of aryl methyl sites for hydroxylation is 2. The predicted octanol–water partition coefficient (Wildman–Crippen LogP) is 2.84. The van der Waals surface area contributed by atoms with Crippen LogP contribution in [-0.2, 0) is 0 Å². The highest BCUT2D eigenvalue weighted by Crippen LogP contribution is 2.38. The minimum atomic E-state index is -0.537. The number of hydrogen-bond acceptors (Lipinski definition) is 5. The van der Waals surface area contributed by atoms with Crippen molar-refractivity contribution >= 4 is 5.91 Å². The second-order valence-corrected chi connectivity index (χ2v) is 8.82. The second-order valence-electron chi connectivity index (χ2n) is 8.82. The molecule has 1 aliphatic carbocycles. The number of amides is 1. The first-order valence-corrected chi connectivity index (χ1v) is 10.5. The van der Waals surface area contributed by atoms with Crippen molar-refractivity contribution in [2.75, 3.05) is 13.1 Å². The Hall–Kier alpha value is -2.41. The van der Waals surface area contributed by atoms with Gasteiger partial charge in [-0.3, -0.25) is 14.9 Å². The molecule has 1 saturated heterocycles. The van der Waals surface area contributed by atoms with E-state index in [1.54, 1.807) is 0 Å². The highest BCUT2D eigenvalue weighted by Gasteiger charge is 2.44. The monoisotopic (exact) mass is 398 g/mol. The van der Waals surface area contributed by atoms with Crippen LogP contribution >= 0.6 is 0 Å². The van der Waals surface area contributed by atoms with E-state index < -0.39 is 6.10 Å². The number of pyridine rings is 1. The molecule has 2 aliphatic rings. The third kappa shape index (κ3) is 4.01. The Morgan fingerprint density at radius 1 is 1.24 bits per heavy atom. The Morgan fingerprint density at radius 3 is 2.62 bits per heavy atom. The zero-order chi connectivity index (χ0) is 20.7. The van der Waals surface area contributed by atoms with E-state index in [2.05, 4.69) is 29.0 Å². The largest absolute Gasteiger partial charge is 0.486 e. The molecule has 1 amide bonds. The van der Waals surface area contributed by atoms with Gasteiger partial charge in [-0.15, -0.1) is 0 Å². The number of fused-ring (bicyclic) bond motifs is 1. The molecule has 156 valence electrons. The van der Waals surface area contributed by atoms with Gasteiger partial charge in [0.25, 0.3) is 5.91 Å². The van der Waals surface area contributed by atoms with Crippen LogP contribution < -0.4 is 4.74 Å².